The summed E-state index contributed by atoms with van der Waals surface area (Å²) in [6.07, 6.45) is 3.41. The van der Waals surface area contributed by atoms with Crippen LogP contribution in [0, 0.1) is 6.92 Å². The molecule has 0 saturated carbocycles. The number of methoxy groups -OCH3 is 1. The van der Waals surface area contributed by atoms with E-state index in [2.05, 4.69) is 23.5 Å². The van der Waals surface area contributed by atoms with Gasteiger partial charge in [0.25, 0.3) is 0 Å². The van der Waals surface area contributed by atoms with Crippen LogP contribution in [-0.2, 0) is 22.5 Å². The summed E-state index contributed by atoms with van der Waals surface area (Å²) < 4.78 is 12.6. The van der Waals surface area contributed by atoms with Crippen LogP contribution in [0.1, 0.15) is 59.4 Å². The first-order valence-electron chi connectivity index (χ1n) is 11.9. The highest BCUT2D eigenvalue weighted by molar-refractivity contribution is 5.92. The molecule has 1 atom stereocenters. The molecule has 0 aliphatic heterocycles. The summed E-state index contributed by atoms with van der Waals surface area (Å²) in [5, 5.41) is 3.23. The second kappa shape index (κ2) is 10.6. The first-order chi connectivity index (χ1) is 16.5. The SMILES string of the molecule is CCOC(=O)c1cc(-c2ccc(OC)cc2)n(CCC(=O)N[C@@H]2CCCc3ccccc32)c1C. The molecule has 1 aliphatic carbocycles. The van der Waals surface area contributed by atoms with E-state index in [4.69, 9.17) is 9.47 Å². The normalized spacial score (nSPS) is 14.9. The zero-order chi connectivity index (χ0) is 24.1. The number of hydrogen-bond acceptors (Lipinski definition) is 4. The van der Waals surface area contributed by atoms with Crippen LogP contribution in [0.15, 0.2) is 54.6 Å². The molecule has 0 bridgehead atoms. The van der Waals surface area contributed by atoms with E-state index in [1.807, 2.05) is 47.9 Å². The molecule has 1 aromatic heterocycles. The molecule has 4 rings (SSSR count). The molecule has 34 heavy (non-hydrogen) atoms. The smallest absolute Gasteiger partial charge is 0.339 e. The third-order valence-corrected chi connectivity index (χ3v) is 6.51. The van der Waals surface area contributed by atoms with Gasteiger partial charge in [0.2, 0.25) is 5.91 Å². The number of carbonyl (C=O) groups excluding carboxylic acids is 2. The first-order valence-corrected chi connectivity index (χ1v) is 11.9. The number of amides is 1. The van der Waals surface area contributed by atoms with Crippen molar-refractivity contribution < 1.29 is 19.1 Å². The van der Waals surface area contributed by atoms with Gasteiger partial charge in [0.15, 0.2) is 0 Å². The molecule has 2 aromatic carbocycles. The van der Waals surface area contributed by atoms with Crippen molar-refractivity contribution in [1.82, 2.24) is 9.88 Å². The number of aromatic nitrogens is 1. The fourth-order valence-corrected chi connectivity index (χ4v) is 4.73. The summed E-state index contributed by atoms with van der Waals surface area (Å²) in [6.45, 7) is 4.47. The minimum absolute atomic E-state index is 0.00756. The van der Waals surface area contributed by atoms with Crippen LogP contribution in [0.2, 0.25) is 0 Å². The van der Waals surface area contributed by atoms with Gasteiger partial charge < -0.3 is 19.4 Å². The summed E-state index contributed by atoms with van der Waals surface area (Å²) in [5.41, 5.74) is 5.68. The number of benzene rings is 2. The Morgan fingerprint density at radius 1 is 1.12 bits per heavy atom. The lowest BCUT2D eigenvalue weighted by Gasteiger charge is -2.26. The molecular weight excluding hydrogens is 428 g/mol. The second-order valence-corrected chi connectivity index (χ2v) is 8.59. The molecule has 178 valence electrons. The number of nitrogens with zero attached hydrogens (tertiary/aromatic N) is 1. The van der Waals surface area contributed by atoms with Gasteiger partial charge in [-0.3, -0.25) is 4.79 Å². The number of fused-ring (bicyclic) bond motifs is 1. The molecule has 1 N–H and O–H groups in total. The summed E-state index contributed by atoms with van der Waals surface area (Å²) in [7, 11) is 1.63. The Morgan fingerprint density at radius 3 is 2.62 bits per heavy atom. The maximum atomic E-state index is 12.9. The van der Waals surface area contributed by atoms with Crippen LogP contribution in [0.25, 0.3) is 11.3 Å². The number of nitrogens with one attached hydrogen (secondary N) is 1. The van der Waals surface area contributed by atoms with Gasteiger partial charge in [0.05, 0.1) is 25.3 Å². The van der Waals surface area contributed by atoms with Gasteiger partial charge in [0, 0.05) is 24.4 Å². The Labute approximate surface area is 200 Å². The topological polar surface area (TPSA) is 69.6 Å². The molecule has 0 saturated heterocycles. The van der Waals surface area contributed by atoms with E-state index >= 15 is 0 Å². The van der Waals surface area contributed by atoms with E-state index in [9.17, 15) is 9.59 Å². The van der Waals surface area contributed by atoms with Crippen LogP contribution in [0.3, 0.4) is 0 Å². The lowest BCUT2D eigenvalue weighted by Crippen LogP contribution is -2.31. The van der Waals surface area contributed by atoms with Gasteiger partial charge in [-0.05, 0) is 80.1 Å². The van der Waals surface area contributed by atoms with Crippen molar-refractivity contribution in [2.24, 2.45) is 0 Å². The largest absolute Gasteiger partial charge is 0.497 e. The molecule has 1 aliphatic rings. The predicted molar refractivity (Wildman–Crippen MR) is 132 cm³/mol. The molecule has 0 fully saturated rings. The second-order valence-electron chi connectivity index (χ2n) is 8.59. The maximum Gasteiger partial charge on any atom is 0.339 e. The molecule has 6 nitrogen and oxygen atoms in total. The zero-order valence-corrected chi connectivity index (χ0v) is 20.1. The Morgan fingerprint density at radius 2 is 1.88 bits per heavy atom. The lowest BCUT2D eigenvalue weighted by atomic mass is 9.87. The highest BCUT2D eigenvalue weighted by Gasteiger charge is 2.23. The standard InChI is InChI=1S/C28H32N2O4/c1-4-34-28(32)24-18-26(21-12-14-22(33-3)15-13-21)30(19(24)2)17-16-27(31)29-25-11-7-9-20-8-5-6-10-23(20)25/h5-6,8,10,12-15,18,25H,4,7,9,11,16-17H2,1-3H3,(H,29,31)/t25-/m1/s1. The van der Waals surface area contributed by atoms with Crippen molar-refractivity contribution in [3.05, 3.63) is 77.0 Å². The molecular formula is C28H32N2O4. The maximum absolute atomic E-state index is 12.9. The van der Waals surface area contributed by atoms with Gasteiger partial charge in [-0.25, -0.2) is 4.79 Å². The van der Waals surface area contributed by atoms with Crippen molar-refractivity contribution in [2.75, 3.05) is 13.7 Å². The van der Waals surface area contributed by atoms with Gasteiger partial charge in [0.1, 0.15) is 5.75 Å². The third-order valence-electron chi connectivity index (χ3n) is 6.51. The fraction of sp³-hybridized carbons (Fsp3) is 0.357. The number of hydrogen-bond donors (Lipinski definition) is 1. The minimum Gasteiger partial charge on any atom is -0.497 e. The van der Waals surface area contributed by atoms with Crippen molar-refractivity contribution >= 4 is 11.9 Å². The Balaban J connectivity index is 1.54. The summed E-state index contributed by atoms with van der Waals surface area (Å²) >= 11 is 0. The average molecular weight is 461 g/mol. The van der Waals surface area contributed by atoms with Crippen molar-refractivity contribution in [3.63, 3.8) is 0 Å². The van der Waals surface area contributed by atoms with Crippen LogP contribution < -0.4 is 10.1 Å². The van der Waals surface area contributed by atoms with Gasteiger partial charge in [-0.1, -0.05) is 24.3 Å². The van der Waals surface area contributed by atoms with E-state index < -0.39 is 0 Å². The Hall–Kier alpha value is -3.54. The van der Waals surface area contributed by atoms with Crippen LogP contribution in [-0.4, -0.2) is 30.2 Å². The summed E-state index contributed by atoms with van der Waals surface area (Å²) in [6, 6.07) is 17.9. The first kappa shape index (κ1) is 23.6. The summed E-state index contributed by atoms with van der Waals surface area (Å²) in [4.78, 5) is 25.5. The van der Waals surface area contributed by atoms with E-state index in [1.54, 1.807) is 14.0 Å². The zero-order valence-electron chi connectivity index (χ0n) is 20.1. The molecule has 0 radical (unpaired) electrons. The summed E-state index contributed by atoms with van der Waals surface area (Å²) in [5.74, 6) is 0.418. The molecule has 1 heterocycles. The van der Waals surface area contributed by atoms with Crippen molar-refractivity contribution in [3.8, 4) is 17.0 Å². The molecule has 0 unspecified atom stereocenters. The molecule has 6 heteroatoms. The Kier molecular flexibility index (Phi) is 7.36. The monoisotopic (exact) mass is 460 g/mol. The van der Waals surface area contributed by atoms with E-state index in [0.717, 1.165) is 42.0 Å². The van der Waals surface area contributed by atoms with E-state index in [1.165, 1.54) is 11.1 Å². The number of ether oxygens (including phenoxy) is 2. The highest BCUT2D eigenvalue weighted by atomic mass is 16.5. The minimum atomic E-state index is -0.350. The van der Waals surface area contributed by atoms with Crippen LogP contribution >= 0.6 is 0 Å². The number of esters is 1. The van der Waals surface area contributed by atoms with Crippen LogP contribution in [0.4, 0.5) is 0 Å². The van der Waals surface area contributed by atoms with E-state index in [-0.39, 0.29) is 17.9 Å². The number of rotatable bonds is 8. The number of carbonyl (C=O) groups is 2. The van der Waals surface area contributed by atoms with E-state index in [0.29, 0.717) is 25.1 Å². The van der Waals surface area contributed by atoms with Gasteiger partial charge >= 0.3 is 5.97 Å². The average Bonchev–Trinajstić information content (AvgIpc) is 3.19. The van der Waals surface area contributed by atoms with Crippen molar-refractivity contribution in [2.45, 2.75) is 52.1 Å². The van der Waals surface area contributed by atoms with Crippen molar-refractivity contribution in [1.29, 1.82) is 0 Å². The van der Waals surface area contributed by atoms with Gasteiger partial charge in [-0.15, -0.1) is 0 Å². The molecule has 3 aromatic rings. The van der Waals surface area contributed by atoms with Crippen LogP contribution in [0.5, 0.6) is 5.75 Å². The molecule has 0 spiro atoms. The third kappa shape index (κ3) is 5.01. The highest BCUT2D eigenvalue weighted by Crippen LogP contribution is 2.30. The van der Waals surface area contributed by atoms with Gasteiger partial charge in [-0.2, -0.15) is 0 Å². The fourth-order valence-electron chi connectivity index (χ4n) is 4.73. The number of aryl methyl sites for hydroxylation is 1. The quantitative estimate of drug-likeness (QED) is 0.467. The predicted octanol–water partition coefficient (Wildman–Crippen LogP) is 5.23. The Bertz CT molecular complexity index is 1160. The molecule has 1 amide bonds. The lowest BCUT2D eigenvalue weighted by molar-refractivity contribution is -0.122.